The van der Waals surface area contributed by atoms with E-state index < -0.39 is 6.03 Å². The van der Waals surface area contributed by atoms with Gasteiger partial charge in [0.1, 0.15) is 0 Å². The van der Waals surface area contributed by atoms with Crippen LogP contribution in [0.2, 0.25) is 0 Å². The average molecular weight is 179 g/mol. The maximum Gasteiger partial charge on any atom is 0.363 e. The number of amides is 2. The first-order valence-corrected chi connectivity index (χ1v) is 3.89. The number of nitrogens with one attached hydrogen (secondary N) is 1. The van der Waals surface area contributed by atoms with Crippen LogP contribution in [0.15, 0.2) is 30.3 Å². The molecule has 4 heteroatoms. The Balaban J connectivity index is 2.31. The van der Waals surface area contributed by atoms with Crippen molar-refractivity contribution in [2.45, 2.75) is 6.54 Å². The zero-order valence-electron chi connectivity index (χ0n) is 7.36. The highest BCUT2D eigenvalue weighted by Crippen LogP contribution is 1.96. The third-order valence-electron chi connectivity index (χ3n) is 1.46. The SMILES string of the molecule is CO[N]C(=O)NCc1ccccc1. The fourth-order valence-electron chi connectivity index (χ4n) is 0.889. The van der Waals surface area contributed by atoms with Crippen LogP contribution >= 0.6 is 0 Å². The van der Waals surface area contributed by atoms with Crippen LogP contribution in [0.1, 0.15) is 5.56 Å². The zero-order chi connectivity index (χ0) is 9.52. The van der Waals surface area contributed by atoms with Gasteiger partial charge in [0.25, 0.3) is 0 Å². The van der Waals surface area contributed by atoms with Crippen molar-refractivity contribution in [2.24, 2.45) is 0 Å². The Morgan fingerprint density at radius 2 is 2.15 bits per heavy atom. The monoisotopic (exact) mass is 179 g/mol. The fourth-order valence-corrected chi connectivity index (χ4v) is 0.889. The van der Waals surface area contributed by atoms with E-state index in [1.807, 2.05) is 30.3 Å². The Labute approximate surface area is 76.9 Å². The lowest BCUT2D eigenvalue weighted by Crippen LogP contribution is -2.29. The van der Waals surface area contributed by atoms with Gasteiger partial charge in [0.05, 0.1) is 7.11 Å². The molecular formula is C9H11N2O2. The molecule has 0 saturated heterocycles. The summed E-state index contributed by atoms with van der Waals surface area (Å²) in [6, 6.07) is 9.13. The first-order chi connectivity index (χ1) is 6.33. The molecule has 0 spiro atoms. The van der Waals surface area contributed by atoms with Gasteiger partial charge in [0, 0.05) is 6.54 Å². The molecule has 1 N–H and O–H groups in total. The summed E-state index contributed by atoms with van der Waals surface area (Å²) >= 11 is 0. The van der Waals surface area contributed by atoms with Gasteiger partial charge < -0.3 is 5.32 Å². The van der Waals surface area contributed by atoms with Crippen LogP contribution in [0.4, 0.5) is 4.79 Å². The second-order valence-corrected chi connectivity index (χ2v) is 2.42. The average Bonchev–Trinajstić information content (AvgIpc) is 2.17. The number of nitrogens with zero attached hydrogens (tertiary/aromatic N) is 1. The number of benzene rings is 1. The highest BCUT2D eigenvalue weighted by molar-refractivity contribution is 5.72. The molecule has 69 valence electrons. The van der Waals surface area contributed by atoms with E-state index in [2.05, 4.69) is 15.6 Å². The number of hydrogen-bond acceptors (Lipinski definition) is 2. The molecule has 13 heavy (non-hydrogen) atoms. The van der Waals surface area contributed by atoms with E-state index in [0.29, 0.717) is 6.54 Å². The van der Waals surface area contributed by atoms with Crippen molar-refractivity contribution in [3.8, 4) is 0 Å². The maximum absolute atomic E-state index is 10.8. The highest BCUT2D eigenvalue weighted by atomic mass is 16.6. The molecule has 0 aliphatic carbocycles. The Bertz CT molecular complexity index is 262. The minimum atomic E-state index is -0.466. The van der Waals surface area contributed by atoms with Crippen LogP contribution < -0.4 is 10.8 Å². The van der Waals surface area contributed by atoms with Gasteiger partial charge in [-0.25, -0.2) is 4.79 Å². The molecule has 1 radical (unpaired) electrons. The van der Waals surface area contributed by atoms with Crippen molar-refractivity contribution in [1.29, 1.82) is 0 Å². The predicted molar refractivity (Wildman–Crippen MR) is 47.8 cm³/mol. The maximum atomic E-state index is 10.8. The van der Waals surface area contributed by atoms with Crippen molar-refractivity contribution >= 4 is 6.03 Å². The lowest BCUT2D eigenvalue weighted by atomic mass is 10.2. The molecule has 0 saturated carbocycles. The van der Waals surface area contributed by atoms with Gasteiger partial charge in [-0.1, -0.05) is 35.8 Å². The summed E-state index contributed by atoms with van der Waals surface area (Å²) in [5.41, 5.74) is 4.22. The molecule has 1 rings (SSSR count). The number of urea groups is 1. The van der Waals surface area contributed by atoms with Gasteiger partial charge in [-0.3, -0.25) is 4.84 Å². The lowest BCUT2D eigenvalue weighted by Gasteiger charge is -2.02. The van der Waals surface area contributed by atoms with E-state index in [1.165, 1.54) is 7.11 Å². The minimum absolute atomic E-state index is 0.465. The third kappa shape index (κ3) is 3.57. The Morgan fingerprint density at radius 1 is 1.46 bits per heavy atom. The summed E-state index contributed by atoms with van der Waals surface area (Å²) in [5, 5.41) is 2.57. The van der Waals surface area contributed by atoms with Gasteiger partial charge in [0.15, 0.2) is 0 Å². The number of hydrogen-bond donors (Lipinski definition) is 1. The third-order valence-corrected chi connectivity index (χ3v) is 1.46. The Hall–Kier alpha value is -1.55. The van der Waals surface area contributed by atoms with Crippen LogP contribution in [-0.4, -0.2) is 13.1 Å². The van der Waals surface area contributed by atoms with Gasteiger partial charge in [-0.2, -0.15) is 0 Å². The minimum Gasteiger partial charge on any atom is -0.331 e. The molecular weight excluding hydrogens is 168 g/mol. The van der Waals surface area contributed by atoms with Crippen molar-refractivity contribution < 1.29 is 9.63 Å². The van der Waals surface area contributed by atoms with Crippen LogP contribution in [-0.2, 0) is 11.4 Å². The highest BCUT2D eigenvalue weighted by Gasteiger charge is 1.99. The van der Waals surface area contributed by atoms with E-state index >= 15 is 0 Å². The van der Waals surface area contributed by atoms with Gasteiger partial charge in [0.2, 0.25) is 0 Å². The van der Waals surface area contributed by atoms with Crippen LogP contribution in [0.25, 0.3) is 0 Å². The molecule has 0 aliphatic heterocycles. The number of rotatable bonds is 3. The predicted octanol–water partition coefficient (Wildman–Crippen LogP) is 1.06. The lowest BCUT2D eigenvalue weighted by molar-refractivity contribution is 0.0998. The first-order valence-electron chi connectivity index (χ1n) is 3.89. The number of carbonyl (C=O) groups is 1. The van der Waals surface area contributed by atoms with E-state index in [9.17, 15) is 4.79 Å². The van der Waals surface area contributed by atoms with E-state index in [4.69, 9.17) is 0 Å². The van der Waals surface area contributed by atoms with Crippen molar-refractivity contribution in [3.63, 3.8) is 0 Å². The molecule has 0 fully saturated rings. The normalized spacial score (nSPS) is 9.31. The first kappa shape index (κ1) is 9.54. The molecule has 0 unspecified atom stereocenters. The van der Waals surface area contributed by atoms with Gasteiger partial charge in [-0.15, -0.1) is 0 Å². The summed E-state index contributed by atoms with van der Waals surface area (Å²) in [6.07, 6.45) is 0. The molecule has 4 nitrogen and oxygen atoms in total. The number of hydroxylamine groups is 1. The summed E-state index contributed by atoms with van der Waals surface area (Å²) in [6.45, 7) is 0.465. The molecule has 0 aliphatic rings. The Kier molecular flexibility index (Phi) is 3.78. The molecule has 1 aromatic rings. The molecule has 2 amide bonds. The van der Waals surface area contributed by atoms with E-state index in [1.54, 1.807) is 0 Å². The van der Waals surface area contributed by atoms with Crippen LogP contribution in [0.5, 0.6) is 0 Å². The van der Waals surface area contributed by atoms with Crippen LogP contribution in [0.3, 0.4) is 0 Å². The van der Waals surface area contributed by atoms with Gasteiger partial charge >= 0.3 is 6.03 Å². The van der Waals surface area contributed by atoms with E-state index in [0.717, 1.165) is 5.56 Å². The summed E-state index contributed by atoms with van der Waals surface area (Å²) in [5.74, 6) is 0. The van der Waals surface area contributed by atoms with Crippen LogP contribution in [0, 0.1) is 0 Å². The van der Waals surface area contributed by atoms with Crippen molar-refractivity contribution in [2.75, 3.05) is 7.11 Å². The van der Waals surface area contributed by atoms with Crippen molar-refractivity contribution in [3.05, 3.63) is 35.9 Å². The zero-order valence-corrected chi connectivity index (χ0v) is 7.36. The number of carbonyl (C=O) groups excluding carboxylic acids is 1. The van der Waals surface area contributed by atoms with Crippen molar-refractivity contribution in [1.82, 2.24) is 10.8 Å². The summed E-state index contributed by atoms with van der Waals surface area (Å²) < 4.78 is 0. The second-order valence-electron chi connectivity index (χ2n) is 2.42. The molecule has 0 heterocycles. The largest absolute Gasteiger partial charge is 0.363 e. The second kappa shape index (κ2) is 5.16. The molecule has 0 aromatic heterocycles. The smallest absolute Gasteiger partial charge is 0.331 e. The quantitative estimate of drug-likeness (QED) is 0.705. The standard InChI is InChI=1S/C9H11N2O2/c1-13-11-9(12)10-7-8-5-3-2-4-6-8/h2-6H,7H2,1H3,(H,10,12). The summed E-state index contributed by atoms with van der Waals surface area (Å²) in [4.78, 5) is 15.1. The molecule has 0 bridgehead atoms. The topological polar surface area (TPSA) is 52.4 Å². The fraction of sp³-hybridized carbons (Fsp3) is 0.222. The van der Waals surface area contributed by atoms with E-state index in [-0.39, 0.29) is 0 Å². The summed E-state index contributed by atoms with van der Waals surface area (Å²) in [7, 11) is 1.34. The van der Waals surface area contributed by atoms with Gasteiger partial charge in [-0.05, 0) is 5.56 Å². The molecule has 0 atom stereocenters. The Morgan fingerprint density at radius 3 is 2.77 bits per heavy atom. The molecule has 1 aromatic carbocycles.